The van der Waals surface area contributed by atoms with Crippen molar-refractivity contribution >= 4 is 27.5 Å². The van der Waals surface area contributed by atoms with Gasteiger partial charge in [-0.15, -0.1) is 0 Å². The van der Waals surface area contributed by atoms with Crippen molar-refractivity contribution in [1.29, 1.82) is 0 Å². The number of nitrogens with one attached hydrogen (secondary N) is 2. The van der Waals surface area contributed by atoms with Gasteiger partial charge in [-0.1, -0.05) is 6.07 Å². The molecule has 2 aliphatic rings. The first-order valence-corrected chi connectivity index (χ1v) is 8.95. The van der Waals surface area contributed by atoms with Crippen LogP contribution in [0.2, 0.25) is 0 Å². The van der Waals surface area contributed by atoms with Gasteiger partial charge in [-0.25, -0.2) is 13.2 Å². The van der Waals surface area contributed by atoms with Crippen LogP contribution in [0, 0.1) is 6.92 Å². The Labute approximate surface area is 134 Å². The predicted octanol–water partition coefficient (Wildman–Crippen LogP) is 0.565. The maximum Gasteiger partial charge on any atom is 0.322 e. The number of hydrogen-bond acceptors (Lipinski definition) is 4. The maximum absolute atomic E-state index is 12.3. The van der Waals surface area contributed by atoms with Gasteiger partial charge in [-0.2, -0.15) is 0 Å². The molecule has 1 saturated heterocycles. The van der Waals surface area contributed by atoms with Gasteiger partial charge in [-0.05, 0) is 30.7 Å². The monoisotopic (exact) mass is 335 g/mol. The van der Waals surface area contributed by atoms with Crippen LogP contribution in [0.5, 0.6) is 0 Å². The van der Waals surface area contributed by atoms with Crippen LogP contribution in [0.15, 0.2) is 29.7 Å². The molecular weight excluding hydrogens is 318 g/mol. The number of carbonyl (C=O) groups is 2. The molecule has 7 nitrogen and oxygen atoms in total. The van der Waals surface area contributed by atoms with Crippen LogP contribution in [0.3, 0.4) is 0 Å². The Morgan fingerprint density at radius 2 is 2.17 bits per heavy atom. The molecule has 1 fully saturated rings. The third-order valence-corrected chi connectivity index (χ3v) is 5.26. The van der Waals surface area contributed by atoms with Gasteiger partial charge in [0.05, 0.1) is 11.8 Å². The smallest absolute Gasteiger partial charge is 0.322 e. The van der Waals surface area contributed by atoms with E-state index in [1.807, 2.05) is 6.92 Å². The lowest BCUT2D eigenvalue weighted by Gasteiger charge is -2.18. The number of rotatable bonds is 3. The Bertz CT molecular complexity index is 801. The molecule has 0 radical (unpaired) electrons. The van der Waals surface area contributed by atoms with E-state index in [1.54, 1.807) is 23.1 Å². The number of hydrogen-bond donors (Lipinski definition) is 2. The molecule has 0 unspecified atom stereocenters. The number of carbonyl (C=O) groups excluding carboxylic acids is 2. The lowest BCUT2D eigenvalue weighted by Crippen LogP contribution is -2.35. The highest BCUT2D eigenvalue weighted by Crippen LogP contribution is 2.23. The van der Waals surface area contributed by atoms with Gasteiger partial charge in [0.2, 0.25) is 0 Å². The second kappa shape index (κ2) is 5.69. The molecule has 2 N–H and O–H groups in total. The minimum atomic E-state index is -3.21. The van der Waals surface area contributed by atoms with Gasteiger partial charge in [0.15, 0.2) is 9.84 Å². The molecule has 122 valence electrons. The van der Waals surface area contributed by atoms with E-state index in [4.69, 9.17) is 0 Å². The largest absolute Gasteiger partial charge is 0.345 e. The number of nitrogens with zero attached hydrogens (tertiary/aromatic N) is 1. The molecular formula is C15H17N3O4S. The summed E-state index contributed by atoms with van der Waals surface area (Å²) in [6.45, 7) is 2.99. The Kier molecular flexibility index (Phi) is 3.85. The van der Waals surface area contributed by atoms with E-state index < -0.39 is 15.9 Å². The van der Waals surface area contributed by atoms with Crippen LogP contribution < -0.4 is 15.5 Å². The summed E-state index contributed by atoms with van der Waals surface area (Å²) in [5.41, 5.74) is 1.96. The molecule has 0 aliphatic carbocycles. The lowest BCUT2D eigenvalue weighted by molar-refractivity contribution is 0.0947. The van der Waals surface area contributed by atoms with Crippen molar-refractivity contribution in [3.8, 4) is 0 Å². The standard InChI is InChI=1S/C15H17N3O4S/c1-10-2-3-11(8-13(10)18-6-5-16-15(18)20)14(19)17-12-4-7-23(21,22)9-12/h2-4,7-8,12H,5-6,9H2,1H3,(H,16,20)(H,17,19)/t12-/m0/s1. The zero-order valence-electron chi connectivity index (χ0n) is 12.6. The fourth-order valence-corrected chi connectivity index (χ4v) is 3.90. The van der Waals surface area contributed by atoms with Crippen LogP contribution in [-0.2, 0) is 9.84 Å². The summed E-state index contributed by atoms with van der Waals surface area (Å²) in [7, 11) is -3.21. The Morgan fingerprint density at radius 1 is 1.39 bits per heavy atom. The average Bonchev–Trinajstić information content (AvgIpc) is 3.05. The summed E-state index contributed by atoms with van der Waals surface area (Å²) >= 11 is 0. The minimum absolute atomic E-state index is 0.119. The minimum Gasteiger partial charge on any atom is -0.345 e. The summed E-state index contributed by atoms with van der Waals surface area (Å²) < 4.78 is 22.8. The zero-order chi connectivity index (χ0) is 16.6. The van der Waals surface area contributed by atoms with Gasteiger partial charge in [0.1, 0.15) is 0 Å². The van der Waals surface area contributed by atoms with Crippen molar-refractivity contribution in [2.75, 3.05) is 23.7 Å². The highest BCUT2D eigenvalue weighted by Gasteiger charge is 2.25. The molecule has 8 heteroatoms. The van der Waals surface area contributed by atoms with E-state index in [0.717, 1.165) is 11.0 Å². The van der Waals surface area contributed by atoms with E-state index in [2.05, 4.69) is 10.6 Å². The van der Waals surface area contributed by atoms with Gasteiger partial charge < -0.3 is 10.6 Å². The van der Waals surface area contributed by atoms with Crippen LogP contribution in [-0.4, -0.2) is 45.2 Å². The highest BCUT2D eigenvalue weighted by molar-refractivity contribution is 7.94. The van der Waals surface area contributed by atoms with Crippen molar-refractivity contribution < 1.29 is 18.0 Å². The third-order valence-electron chi connectivity index (χ3n) is 3.87. The van der Waals surface area contributed by atoms with Gasteiger partial charge in [0.25, 0.3) is 5.91 Å². The lowest BCUT2D eigenvalue weighted by atomic mass is 10.1. The average molecular weight is 335 g/mol. The molecule has 2 heterocycles. The quantitative estimate of drug-likeness (QED) is 0.844. The Balaban J connectivity index is 1.79. The first-order valence-electron chi connectivity index (χ1n) is 7.23. The van der Waals surface area contributed by atoms with Gasteiger partial charge in [-0.3, -0.25) is 9.69 Å². The Morgan fingerprint density at radius 3 is 2.78 bits per heavy atom. The van der Waals surface area contributed by atoms with Crippen LogP contribution in [0.1, 0.15) is 15.9 Å². The van der Waals surface area contributed by atoms with E-state index in [-0.39, 0.29) is 17.7 Å². The molecule has 0 saturated carbocycles. The fraction of sp³-hybridized carbons (Fsp3) is 0.333. The second-order valence-corrected chi connectivity index (χ2v) is 7.55. The number of urea groups is 1. The normalized spacial score (nSPS) is 22.2. The van der Waals surface area contributed by atoms with Crippen molar-refractivity contribution in [3.63, 3.8) is 0 Å². The summed E-state index contributed by atoms with van der Waals surface area (Å²) in [4.78, 5) is 25.7. The predicted molar refractivity (Wildman–Crippen MR) is 86.1 cm³/mol. The molecule has 0 bridgehead atoms. The maximum atomic E-state index is 12.3. The summed E-state index contributed by atoms with van der Waals surface area (Å²) in [6, 6.07) is 4.39. The van der Waals surface area contributed by atoms with Crippen LogP contribution in [0.4, 0.5) is 10.5 Å². The first kappa shape index (κ1) is 15.5. The van der Waals surface area contributed by atoms with E-state index in [9.17, 15) is 18.0 Å². The fourth-order valence-electron chi connectivity index (χ4n) is 2.66. The topological polar surface area (TPSA) is 95.6 Å². The molecule has 1 aromatic carbocycles. The van der Waals surface area contributed by atoms with Crippen LogP contribution >= 0.6 is 0 Å². The SMILES string of the molecule is Cc1ccc(C(=O)N[C@H]2C=CS(=O)(=O)C2)cc1N1CCNC1=O. The number of benzene rings is 1. The summed E-state index contributed by atoms with van der Waals surface area (Å²) in [5.74, 6) is -0.482. The van der Waals surface area contributed by atoms with Crippen LogP contribution in [0.25, 0.3) is 0 Å². The van der Waals surface area contributed by atoms with E-state index in [0.29, 0.717) is 24.3 Å². The first-order chi connectivity index (χ1) is 10.9. The molecule has 0 spiro atoms. The Hall–Kier alpha value is -2.35. The molecule has 1 atom stereocenters. The van der Waals surface area contributed by atoms with Crippen molar-refractivity contribution in [1.82, 2.24) is 10.6 Å². The molecule has 0 aromatic heterocycles. The molecule has 1 aromatic rings. The second-order valence-electron chi connectivity index (χ2n) is 5.62. The van der Waals surface area contributed by atoms with Crippen molar-refractivity contribution in [2.24, 2.45) is 0 Å². The number of aryl methyl sites for hydroxylation is 1. The summed E-state index contributed by atoms with van der Waals surface area (Å²) in [6.07, 6.45) is 1.47. The molecule has 2 aliphatic heterocycles. The number of amides is 3. The van der Waals surface area contributed by atoms with Gasteiger partial charge >= 0.3 is 6.03 Å². The molecule has 3 rings (SSSR count). The molecule has 3 amide bonds. The zero-order valence-corrected chi connectivity index (χ0v) is 13.4. The third kappa shape index (κ3) is 3.21. The van der Waals surface area contributed by atoms with E-state index >= 15 is 0 Å². The van der Waals surface area contributed by atoms with Gasteiger partial charge in [0, 0.05) is 29.7 Å². The summed E-state index contributed by atoms with van der Waals surface area (Å²) in [5, 5.41) is 6.52. The molecule has 23 heavy (non-hydrogen) atoms. The van der Waals surface area contributed by atoms with Crippen molar-refractivity contribution in [2.45, 2.75) is 13.0 Å². The number of sulfone groups is 1. The van der Waals surface area contributed by atoms with E-state index in [1.165, 1.54) is 6.08 Å². The number of anilines is 1. The highest BCUT2D eigenvalue weighted by atomic mass is 32.2. The van der Waals surface area contributed by atoms with Crippen molar-refractivity contribution in [3.05, 3.63) is 40.8 Å².